The molecule has 0 aliphatic rings. The van der Waals surface area contributed by atoms with Crippen molar-refractivity contribution < 1.29 is 4.74 Å². The van der Waals surface area contributed by atoms with Crippen molar-refractivity contribution in [2.45, 2.75) is 68.2 Å². The second kappa shape index (κ2) is 15.8. The zero-order valence-electron chi connectivity index (χ0n) is 15.4. The van der Waals surface area contributed by atoms with Gasteiger partial charge < -0.3 is 4.74 Å². The van der Waals surface area contributed by atoms with Crippen LogP contribution in [-0.2, 0) is 0 Å². The topological polar surface area (TPSA) is 9.23 Å². The van der Waals surface area contributed by atoms with Gasteiger partial charge in [0.05, 0.1) is 7.11 Å². The molecule has 0 aliphatic heterocycles. The highest BCUT2D eigenvalue weighted by Gasteiger charge is 2.11. The maximum Gasteiger partial charge on any atom is 0.129 e. The fourth-order valence-electron chi connectivity index (χ4n) is 1.57. The molecule has 20 heavy (non-hydrogen) atoms. The molecule has 1 rings (SSSR count). The summed E-state index contributed by atoms with van der Waals surface area (Å²) >= 11 is 0. The third-order valence-electron chi connectivity index (χ3n) is 2.33. The molecule has 1 nitrogen and oxygen atoms in total. The minimum atomic E-state index is 0.476. The summed E-state index contributed by atoms with van der Waals surface area (Å²) in [4.78, 5) is 0. The van der Waals surface area contributed by atoms with Crippen molar-refractivity contribution in [1.29, 1.82) is 0 Å². The number of para-hydroxylation sites is 1. The van der Waals surface area contributed by atoms with Crippen LogP contribution in [0.3, 0.4) is 0 Å². The standard InChI is InChI=1S/C13H18O.3C2H6/c1-9(2)11-7-6-8-12(10(3)4)13(11)14-5;3*1-2/h6-8,10H,1H2,2-5H3;3*1-2H3. The van der Waals surface area contributed by atoms with E-state index in [4.69, 9.17) is 4.74 Å². The Hall–Kier alpha value is -1.24. The third-order valence-corrected chi connectivity index (χ3v) is 2.33. The molecule has 0 aliphatic carbocycles. The van der Waals surface area contributed by atoms with E-state index >= 15 is 0 Å². The first-order valence-electron chi connectivity index (χ1n) is 7.90. The number of allylic oxidation sites excluding steroid dienone is 1. The first-order chi connectivity index (χ1) is 9.57. The van der Waals surface area contributed by atoms with E-state index in [1.54, 1.807) is 7.11 Å². The second-order valence-corrected chi connectivity index (χ2v) is 3.86. The Balaban J connectivity index is -0.000000425. The van der Waals surface area contributed by atoms with Gasteiger partial charge in [-0.3, -0.25) is 0 Å². The molecule has 1 aromatic rings. The van der Waals surface area contributed by atoms with Gasteiger partial charge in [0.15, 0.2) is 0 Å². The van der Waals surface area contributed by atoms with E-state index in [-0.39, 0.29) is 0 Å². The van der Waals surface area contributed by atoms with Crippen molar-refractivity contribution in [2.24, 2.45) is 0 Å². The smallest absolute Gasteiger partial charge is 0.129 e. The molecule has 118 valence electrons. The molecule has 0 N–H and O–H groups in total. The van der Waals surface area contributed by atoms with Crippen LogP contribution in [0.25, 0.3) is 5.57 Å². The van der Waals surface area contributed by atoms with Gasteiger partial charge in [0.2, 0.25) is 0 Å². The van der Waals surface area contributed by atoms with E-state index in [0.717, 1.165) is 16.9 Å². The van der Waals surface area contributed by atoms with Crippen molar-refractivity contribution in [3.63, 3.8) is 0 Å². The normalized spacial score (nSPS) is 8.15. The number of rotatable bonds is 3. The number of ether oxygens (including phenoxy) is 1. The number of methoxy groups -OCH3 is 1. The maximum atomic E-state index is 5.44. The van der Waals surface area contributed by atoms with Crippen molar-refractivity contribution in [2.75, 3.05) is 7.11 Å². The lowest BCUT2D eigenvalue weighted by atomic mass is 9.96. The summed E-state index contributed by atoms with van der Waals surface area (Å²) in [5.41, 5.74) is 3.40. The van der Waals surface area contributed by atoms with Crippen LogP contribution in [0.1, 0.15) is 79.4 Å². The number of hydrogen-bond acceptors (Lipinski definition) is 1. The maximum absolute atomic E-state index is 5.44. The van der Waals surface area contributed by atoms with E-state index < -0.39 is 0 Å². The Labute approximate surface area is 128 Å². The Morgan fingerprint density at radius 3 is 1.75 bits per heavy atom. The van der Waals surface area contributed by atoms with Gasteiger partial charge in [-0.25, -0.2) is 0 Å². The molecular formula is C19H36O. The first-order valence-corrected chi connectivity index (χ1v) is 7.90. The highest BCUT2D eigenvalue weighted by atomic mass is 16.5. The zero-order valence-corrected chi connectivity index (χ0v) is 15.4. The summed E-state index contributed by atoms with van der Waals surface area (Å²) in [6, 6.07) is 6.21. The van der Waals surface area contributed by atoms with Gasteiger partial charge >= 0.3 is 0 Å². The Kier molecular flexibility index (Phi) is 18.8. The summed E-state index contributed by atoms with van der Waals surface area (Å²) in [6.07, 6.45) is 0. The highest BCUT2D eigenvalue weighted by Crippen LogP contribution is 2.33. The fourth-order valence-corrected chi connectivity index (χ4v) is 1.57. The van der Waals surface area contributed by atoms with Crippen molar-refractivity contribution >= 4 is 5.57 Å². The molecule has 0 radical (unpaired) electrons. The van der Waals surface area contributed by atoms with Crippen LogP contribution in [0.4, 0.5) is 0 Å². The highest BCUT2D eigenvalue weighted by molar-refractivity contribution is 5.69. The molecule has 0 aromatic heterocycles. The second-order valence-electron chi connectivity index (χ2n) is 3.86. The van der Waals surface area contributed by atoms with Crippen LogP contribution in [0, 0.1) is 0 Å². The predicted octanol–water partition coefficient (Wildman–Crippen LogP) is 6.93. The van der Waals surface area contributed by atoms with Crippen molar-refractivity contribution in [1.82, 2.24) is 0 Å². The molecule has 0 heterocycles. The van der Waals surface area contributed by atoms with Crippen LogP contribution in [0.2, 0.25) is 0 Å². The summed E-state index contributed by atoms with van der Waals surface area (Å²) in [6.45, 7) is 22.3. The lowest BCUT2D eigenvalue weighted by Crippen LogP contribution is -1.97. The SMILES string of the molecule is C=C(C)c1cccc(C(C)C)c1OC.CC.CC.CC. The third kappa shape index (κ3) is 8.04. The quantitative estimate of drug-likeness (QED) is 0.583. The van der Waals surface area contributed by atoms with Crippen LogP contribution < -0.4 is 4.74 Å². The number of hydrogen-bond donors (Lipinski definition) is 0. The summed E-state index contributed by atoms with van der Waals surface area (Å²) < 4.78 is 5.44. The molecule has 0 saturated heterocycles. The monoisotopic (exact) mass is 280 g/mol. The Bertz CT molecular complexity index is 338. The van der Waals surface area contributed by atoms with E-state index in [2.05, 4.69) is 32.6 Å². The molecule has 0 spiro atoms. The summed E-state index contributed by atoms with van der Waals surface area (Å²) in [5.74, 6) is 1.44. The van der Waals surface area contributed by atoms with Crippen LogP contribution >= 0.6 is 0 Å². The molecule has 1 heteroatoms. The molecular weight excluding hydrogens is 244 g/mol. The minimum absolute atomic E-state index is 0.476. The molecule has 1 aromatic carbocycles. The van der Waals surface area contributed by atoms with Crippen LogP contribution in [-0.4, -0.2) is 7.11 Å². The minimum Gasteiger partial charge on any atom is -0.496 e. The Morgan fingerprint density at radius 2 is 1.45 bits per heavy atom. The van der Waals surface area contributed by atoms with E-state index in [1.807, 2.05) is 54.5 Å². The van der Waals surface area contributed by atoms with Gasteiger partial charge in [-0.05, 0) is 24.0 Å². The van der Waals surface area contributed by atoms with Gasteiger partial charge in [0.1, 0.15) is 5.75 Å². The number of benzene rings is 1. The molecule has 0 atom stereocenters. The van der Waals surface area contributed by atoms with Crippen LogP contribution in [0.15, 0.2) is 24.8 Å². The molecule has 0 fully saturated rings. The fraction of sp³-hybridized carbons (Fsp3) is 0.579. The van der Waals surface area contributed by atoms with E-state index in [1.165, 1.54) is 5.56 Å². The van der Waals surface area contributed by atoms with Crippen molar-refractivity contribution in [3.8, 4) is 5.75 Å². The average Bonchev–Trinajstić information content (AvgIpc) is 2.52. The largest absolute Gasteiger partial charge is 0.496 e. The zero-order chi connectivity index (χ0) is 16.7. The van der Waals surface area contributed by atoms with Gasteiger partial charge in [0.25, 0.3) is 0 Å². The lowest BCUT2D eigenvalue weighted by Gasteiger charge is -2.15. The van der Waals surface area contributed by atoms with Crippen LogP contribution in [0.5, 0.6) is 5.75 Å². The molecule has 0 bridgehead atoms. The summed E-state index contributed by atoms with van der Waals surface area (Å²) in [5, 5.41) is 0. The van der Waals surface area contributed by atoms with Gasteiger partial charge in [0, 0.05) is 5.56 Å². The van der Waals surface area contributed by atoms with Gasteiger partial charge in [-0.15, -0.1) is 0 Å². The average molecular weight is 280 g/mol. The Morgan fingerprint density at radius 1 is 1.00 bits per heavy atom. The van der Waals surface area contributed by atoms with Crippen molar-refractivity contribution in [3.05, 3.63) is 35.9 Å². The predicted molar refractivity (Wildman–Crippen MR) is 95.8 cm³/mol. The lowest BCUT2D eigenvalue weighted by molar-refractivity contribution is 0.406. The van der Waals surface area contributed by atoms with E-state index in [9.17, 15) is 0 Å². The van der Waals surface area contributed by atoms with E-state index in [0.29, 0.717) is 5.92 Å². The van der Waals surface area contributed by atoms with Gasteiger partial charge in [-0.1, -0.05) is 80.2 Å². The molecule has 0 unspecified atom stereocenters. The summed E-state index contributed by atoms with van der Waals surface area (Å²) in [7, 11) is 1.72. The van der Waals surface area contributed by atoms with Gasteiger partial charge in [-0.2, -0.15) is 0 Å². The molecule has 0 saturated carbocycles. The first kappa shape index (κ1) is 23.8. The molecule has 0 amide bonds.